The van der Waals surface area contributed by atoms with Gasteiger partial charge < -0.3 is 10.3 Å². The van der Waals surface area contributed by atoms with E-state index in [9.17, 15) is 0 Å². The van der Waals surface area contributed by atoms with Crippen LogP contribution in [0.25, 0.3) is 11.5 Å². The summed E-state index contributed by atoms with van der Waals surface area (Å²) in [7, 11) is 0. The van der Waals surface area contributed by atoms with Gasteiger partial charge in [-0.15, -0.1) is 0 Å². The molecule has 1 aromatic carbocycles. The molecule has 0 saturated heterocycles. The highest BCUT2D eigenvalue weighted by Crippen LogP contribution is 2.27. The molecule has 2 heterocycles. The second kappa shape index (κ2) is 5.30. The SMILES string of the molecule is Nc1ccc(Cl)cc1-c1nc(Cc2ccncc2)no1. The maximum Gasteiger partial charge on any atom is 0.260 e. The maximum atomic E-state index is 5.95. The highest BCUT2D eigenvalue weighted by molar-refractivity contribution is 6.31. The summed E-state index contributed by atoms with van der Waals surface area (Å²) >= 11 is 5.95. The summed E-state index contributed by atoms with van der Waals surface area (Å²) in [6.45, 7) is 0. The van der Waals surface area contributed by atoms with E-state index in [4.69, 9.17) is 21.9 Å². The predicted molar refractivity (Wildman–Crippen MR) is 76.2 cm³/mol. The number of nitrogens with zero attached hydrogens (tertiary/aromatic N) is 3. The van der Waals surface area contributed by atoms with Crippen molar-refractivity contribution < 1.29 is 4.52 Å². The monoisotopic (exact) mass is 286 g/mol. The van der Waals surface area contributed by atoms with Gasteiger partial charge in [-0.25, -0.2) is 0 Å². The van der Waals surface area contributed by atoms with Gasteiger partial charge in [0.05, 0.1) is 5.56 Å². The zero-order chi connectivity index (χ0) is 13.9. The Bertz CT molecular complexity index is 727. The van der Waals surface area contributed by atoms with Crippen LogP contribution in [0.4, 0.5) is 5.69 Å². The van der Waals surface area contributed by atoms with Crippen molar-refractivity contribution in [2.45, 2.75) is 6.42 Å². The number of hydrogen-bond acceptors (Lipinski definition) is 5. The quantitative estimate of drug-likeness (QED) is 0.749. The third kappa shape index (κ3) is 2.62. The molecule has 0 saturated carbocycles. The Morgan fingerprint density at radius 2 is 1.95 bits per heavy atom. The molecule has 0 amide bonds. The van der Waals surface area contributed by atoms with Crippen molar-refractivity contribution >= 4 is 17.3 Å². The van der Waals surface area contributed by atoms with Crippen molar-refractivity contribution in [1.29, 1.82) is 0 Å². The first-order valence-electron chi connectivity index (χ1n) is 5.99. The zero-order valence-electron chi connectivity index (χ0n) is 10.5. The first-order valence-corrected chi connectivity index (χ1v) is 6.37. The van der Waals surface area contributed by atoms with Gasteiger partial charge in [-0.1, -0.05) is 16.8 Å². The van der Waals surface area contributed by atoms with Gasteiger partial charge in [0, 0.05) is 29.5 Å². The number of nitrogens with two attached hydrogens (primary N) is 1. The van der Waals surface area contributed by atoms with E-state index in [1.165, 1.54) is 0 Å². The van der Waals surface area contributed by atoms with Crippen molar-refractivity contribution in [3.63, 3.8) is 0 Å². The minimum Gasteiger partial charge on any atom is -0.398 e. The number of halogens is 1. The largest absolute Gasteiger partial charge is 0.398 e. The van der Waals surface area contributed by atoms with E-state index in [0.717, 1.165) is 5.56 Å². The average Bonchev–Trinajstić information content (AvgIpc) is 2.91. The number of rotatable bonds is 3. The standard InChI is InChI=1S/C14H11ClN4O/c15-10-1-2-12(16)11(8-10)14-18-13(19-20-14)7-9-3-5-17-6-4-9/h1-6,8H,7,16H2. The Hall–Kier alpha value is -2.40. The first kappa shape index (κ1) is 12.6. The van der Waals surface area contributed by atoms with Crippen molar-refractivity contribution in [3.05, 3.63) is 59.1 Å². The Morgan fingerprint density at radius 3 is 2.75 bits per heavy atom. The normalized spacial score (nSPS) is 10.7. The highest BCUT2D eigenvalue weighted by atomic mass is 35.5. The lowest BCUT2D eigenvalue weighted by molar-refractivity contribution is 0.424. The fraction of sp³-hybridized carbons (Fsp3) is 0.0714. The molecule has 3 aromatic rings. The minimum absolute atomic E-state index is 0.369. The van der Waals surface area contributed by atoms with Gasteiger partial charge >= 0.3 is 0 Å². The minimum atomic E-state index is 0.369. The molecule has 0 fully saturated rings. The molecule has 20 heavy (non-hydrogen) atoms. The van der Waals surface area contributed by atoms with Crippen LogP contribution < -0.4 is 5.73 Å². The van der Waals surface area contributed by atoms with Crippen molar-refractivity contribution in [2.75, 3.05) is 5.73 Å². The highest BCUT2D eigenvalue weighted by Gasteiger charge is 2.12. The van der Waals surface area contributed by atoms with E-state index in [-0.39, 0.29) is 0 Å². The molecule has 0 bridgehead atoms. The van der Waals surface area contributed by atoms with Crippen LogP contribution in [-0.2, 0) is 6.42 Å². The molecule has 6 heteroatoms. The third-order valence-electron chi connectivity index (χ3n) is 2.83. The molecule has 0 spiro atoms. The summed E-state index contributed by atoms with van der Waals surface area (Å²) in [6, 6.07) is 8.95. The summed E-state index contributed by atoms with van der Waals surface area (Å²) in [5.41, 5.74) is 8.14. The molecule has 0 aliphatic carbocycles. The van der Waals surface area contributed by atoms with Crippen LogP contribution in [0.1, 0.15) is 11.4 Å². The van der Waals surface area contributed by atoms with E-state index in [2.05, 4.69) is 15.1 Å². The second-order valence-electron chi connectivity index (χ2n) is 4.28. The summed E-state index contributed by atoms with van der Waals surface area (Å²) < 4.78 is 5.24. The number of pyridine rings is 1. The molecule has 0 unspecified atom stereocenters. The number of aromatic nitrogens is 3. The molecule has 0 atom stereocenters. The molecule has 5 nitrogen and oxygen atoms in total. The van der Waals surface area contributed by atoms with Crippen molar-refractivity contribution in [3.8, 4) is 11.5 Å². The van der Waals surface area contributed by atoms with Crippen molar-refractivity contribution in [1.82, 2.24) is 15.1 Å². The molecule has 2 N–H and O–H groups in total. The maximum absolute atomic E-state index is 5.95. The van der Waals surface area contributed by atoms with Gasteiger partial charge in [0.2, 0.25) is 0 Å². The molecule has 3 rings (SSSR count). The fourth-order valence-corrected chi connectivity index (χ4v) is 2.00. The fourth-order valence-electron chi connectivity index (χ4n) is 1.83. The van der Waals surface area contributed by atoms with Crippen LogP contribution in [0.3, 0.4) is 0 Å². The average molecular weight is 287 g/mol. The summed E-state index contributed by atoms with van der Waals surface area (Å²) in [4.78, 5) is 8.31. The Balaban J connectivity index is 1.88. The number of anilines is 1. The van der Waals surface area contributed by atoms with E-state index >= 15 is 0 Å². The molecule has 0 radical (unpaired) electrons. The smallest absolute Gasteiger partial charge is 0.260 e. The second-order valence-corrected chi connectivity index (χ2v) is 4.72. The van der Waals surface area contributed by atoms with Crippen LogP contribution in [-0.4, -0.2) is 15.1 Å². The van der Waals surface area contributed by atoms with Crippen molar-refractivity contribution in [2.24, 2.45) is 0 Å². The van der Waals surface area contributed by atoms with E-state index in [1.807, 2.05) is 12.1 Å². The van der Waals surface area contributed by atoms with Gasteiger partial charge in [0.1, 0.15) is 0 Å². The van der Waals surface area contributed by atoms with Crippen LogP contribution >= 0.6 is 11.6 Å². The lowest BCUT2D eigenvalue weighted by Crippen LogP contribution is -1.92. The summed E-state index contributed by atoms with van der Waals surface area (Å²) in [5, 5.41) is 4.53. The predicted octanol–water partition coefficient (Wildman–Crippen LogP) is 2.96. The van der Waals surface area contributed by atoms with Gasteiger partial charge in [-0.3, -0.25) is 4.98 Å². The Labute approximate surface area is 120 Å². The lowest BCUT2D eigenvalue weighted by atomic mass is 10.2. The topological polar surface area (TPSA) is 77.8 Å². The van der Waals surface area contributed by atoms with Gasteiger partial charge in [0.25, 0.3) is 5.89 Å². The van der Waals surface area contributed by atoms with Gasteiger partial charge in [0.15, 0.2) is 5.82 Å². The molecule has 2 aromatic heterocycles. The molecular formula is C14H11ClN4O. The summed E-state index contributed by atoms with van der Waals surface area (Å²) in [5.74, 6) is 0.958. The molecule has 0 aliphatic heterocycles. The third-order valence-corrected chi connectivity index (χ3v) is 3.06. The van der Waals surface area contributed by atoms with E-state index in [1.54, 1.807) is 30.6 Å². The number of nitrogen functional groups attached to an aromatic ring is 1. The van der Waals surface area contributed by atoms with Crippen LogP contribution in [0, 0.1) is 0 Å². The molecule has 100 valence electrons. The van der Waals surface area contributed by atoms with Crippen LogP contribution in [0.5, 0.6) is 0 Å². The van der Waals surface area contributed by atoms with Gasteiger partial charge in [-0.05, 0) is 35.9 Å². The van der Waals surface area contributed by atoms with Crippen LogP contribution in [0.2, 0.25) is 5.02 Å². The van der Waals surface area contributed by atoms with E-state index in [0.29, 0.717) is 34.4 Å². The number of hydrogen-bond donors (Lipinski definition) is 1. The van der Waals surface area contributed by atoms with Gasteiger partial charge in [-0.2, -0.15) is 4.98 Å². The summed E-state index contributed by atoms with van der Waals surface area (Å²) in [6.07, 6.45) is 4.03. The molecule has 0 aliphatic rings. The first-order chi connectivity index (χ1) is 9.72. The Morgan fingerprint density at radius 1 is 1.15 bits per heavy atom. The van der Waals surface area contributed by atoms with E-state index < -0.39 is 0 Å². The number of benzene rings is 1. The Kier molecular flexibility index (Phi) is 3.35. The zero-order valence-corrected chi connectivity index (χ0v) is 11.2. The lowest BCUT2D eigenvalue weighted by Gasteiger charge is -2.00. The molecular weight excluding hydrogens is 276 g/mol. The van der Waals surface area contributed by atoms with Crippen LogP contribution in [0.15, 0.2) is 47.2 Å².